The van der Waals surface area contributed by atoms with Crippen molar-refractivity contribution < 1.29 is 9.21 Å². The highest BCUT2D eigenvalue weighted by molar-refractivity contribution is 7.09. The second kappa shape index (κ2) is 6.33. The first kappa shape index (κ1) is 15.4. The van der Waals surface area contributed by atoms with Crippen molar-refractivity contribution in [2.75, 3.05) is 0 Å². The smallest absolute Gasteiger partial charge is 0.254 e. The monoisotopic (exact) mass is 331 g/mol. The molecule has 0 fully saturated rings. The Balaban J connectivity index is 1.63. The van der Waals surface area contributed by atoms with Crippen LogP contribution in [0.15, 0.2) is 22.1 Å². The number of H-pyrrole nitrogens is 1. The fourth-order valence-corrected chi connectivity index (χ4v) is 2.58. The van der Waals surface area contributed by atoms with E-state index in [1.165, 1.54) is 17.6 Å². The molecule has 0 aliphatic rings. The fraction of sp³-hybridized carbons (Fsp3) is 0.333. The third-order valence-corrected chi connectivity index (χ3v) is 3.99. The summed E-state index contributed by atoms with van der Waals surface area (Å²) in [4.78, 5) is 20.8. The number of aromatic amines is 1. The lowest BCUT2D eigenvalue weighted by Crippen LogP contribution is -2.22. The van der Waals surface area contributed by atoms with E-state index in [9.17, 15) is 4.79 Å². The lowest BCUT2D eigenvalue weighted by atomic mass is 10.2. The van der Waals surface area contributed by atoms with Crippen LogP contribution in [-0.4, -0.2) is 26.1 Å². The van der Waals surface area contributed by atoms with Gasteiger partial charge in [-0.05, 0) is 13.0 Å². The Kier molecular flexibility index (Phi) is 4.24. The fourth-order valence-electron chi connectivity index (χ4n) is 1.98. The van der Waals surface area contributed by atoms with Gasteiger partial charge >= 0.3 is 0 Å². The molecule has 7 nitrogen and oxygen atoms in total. The van der Waals surface area contributed by atoms with Crippen molar-refractivity contribution in [2.24, 2.45) is 0 Å². The van der Waals surface area contributed by atoms with E-state index >= 15 is 0 Å². The molecule has 3 aromatic rings. The first-order valence-corrected chi connectivity index (χ1v) is 8.11. The number of hydrogen-bond acceptors (Lipinski definition) is 6. The van der Waals surface area contributed by atoms with Gasteiger partial charge in [0.25, 0.3) is 5.91 Å². The van der Waals surface area contributed by atoms with Gasteiger partial charge in [0.2, 0.25) is 0 Å². The molecule has 0 unspecified atom stereocenters. The summed E-state index contributed by atoms with van der Waals surface area (Å²) in [6.07, 6.45) is 1.43. The molecule has 3 rings (SSSR count). The molecule has 1 amide bonds. The van der Waals surface area contributed by atoms with Crippen molar-refractivity contribution in [3.8, 4) is 11.5 Å². The minimum absolute atomic E-state index is 0.227. The summed E-state index contributed by atoms with van der Waals surface area (Å²) in [5.41, 5.74) is 1.19. The standard InChI is InChI=1S/C15H17N5O2S/c1-8(2)14-18-13(19-20-14)5-16-15(21)10-4-12(22-6-10)11-7-23-9(3)17-11/h4,6-8H,5H2,1-3H3,(H,16,21)(H,18,19,20). The number of carbonyl (C=O) groups excluding carboxylic acids is 1. The molecule has 0 spiro atoms. The summed E-state index contributed by atoms with van der Waals surface area (Å²) in [6, 6.07) is 1.68. The van der Waals surface area contributed by atoms with Gasteiger partial charge in [-0.3, -0.25) is 9.89 Å². The van der Waals surface area contributed by atoms with Crippen molar-refractivity contribution in [3.05, 3.63) is 39.9 Å². The average Bonchev–Trinajstić information content (AvgIpc) is 3.24. The van der Waals surface area contributed by atoms with Crippen LogP contribution in [0.5, 0.6) is 0 Å². The summed E-state index contributed by atoms with van der Waals surface area (Å²) < 4.78 is 5.42. The Morgan fingerprint density at radius 1 is 1.43 bits per heavy atom. The molecule has 0 saturated carbocycles. The van der Waals surface area contributed by atoms with Crippen molar-refractivity contribution >= 4 is 17.2 Å². The van der Waals surface area contributed by atoms with Crippen LogP contribution in [0.4, 0.5) is 0 Å². The molecule has 0 aliphatic carbocycles. The molecule has 23 heavy (non-hydrogen) atoms. The maximum atomic E-state index is 12.2. The van der Waals surface area contributed by atoms with E-state index in [0.29, 0.717) is 17.1 Å². The largest absolute Gasteiger partial charge is 0.462 e. The van der Waals surface area contributed by atoms with E-state index in [2.05, 4.69) is 25.5 Å². The first-order valence-electron chi connectivity index (χ1n) is 7.23. The number of aryl methyl sites for hydroxylation is 1. The Labute approximate surface area is 137 Å². The summed E-state index contributed by atoms with van der Waals surface area (Å²) in [7, 11) is 0. The minimum Gasteiger partial charge on any atom is -0.462 e. The van der Waals surface area contributed by atoms with Gasteiger partial charge in [-0.15, -0.1) is 11.3 Å². The number of furan rings is 1. The number of rotatable bonds is 5. The number of hydrogen-bond donors (Lipinski definition) is 2. The molecule has 3 heterocycles. The Morgan fingerprint density at radius 3 is 2.91 bits per heavy atom. The first-order chi connectivity index (χ1) is 11.0. The highest BCUT2D eigenvalue weighted by Gasteiger charge is 2.14. The zero-order valence-corrected chi connectivity index (χ0v) is 13.9. The van der Waals surface area contributed by atoms with Gasteiger partial charge in [-0.25, -0.2) is 9.97 Å². The SMILES string of the molecule is Cc1nc(-c2cc(C(=O)NCc3nc(C(C)C)n[nH]3)co2)cs1. The normalized spacial score (nSPS) is 11.1. The lowest BCUT2D eigenvalue weighted by Gasteiger charge is -1.99. The zero-order valence-electron chi connectivity index (χ0n) is 13.1. The van der Waals surface area contributed by atoms with E-state index in [0.717, 1.165) is 16.5 Å². The molecule has 8 heteroatoms. The summed E-state index contributed by atoms with van der Waals surface area (Å²) in [6.45, 7) is 6.24. The molecule has 2 N–H and O–H groups in total. The molecular formula is C15H17N5O2S. The summed E-state index contributed by atoms with van der Waals surface area (Å²) in [5.74, 6) is 1.96. The van der Waals surface area contributed by atoms with Crippen molar-refractivity contribution in [1.29, 1.82) is 0 Å². The van der Waals surface area contributed by atoms with Crippen molar-refractivity contribution in [2.45, 2.75) is 33.2 Å². The van der Waals surface area contributed by atoms with E-state index in [1.807, 2.05) is 26.2 Å². The maximum Gasteiger partial charge on any atom is 0.254 e. The quantitative estimate of drug-likeness (QED) is 0.749. The number of nitrogens with zero attached hydrogens (tertiary/aromatic N) is 3. The summed E-state index contributed by atoms with van der Waals surface area (Å²) >= 11 is 1.54. The van der Waals surface area contributed by atoms with Crippen LogP contribution in [0.25, 0.3) is 11.5 Å². The lowest BCUT2D eigenvalue weighted by molar-refractivity contribution is 0.0949. The number of nitrogens with one attached hydrogen (secondary N) is 2. The second-order valence-corrected chi connectivity index (χ2v) is 6.49. The van der Waals surface area contributed by atoms with Gasteiger partial charge in [0.1, 0.15) is 17.8 Å². The van der Waals surface area contributed by atoms with Gasteiger partial charge in [0.05, 0.1) is 17.1 Å². The van der Waals surface area contributed by atoms with Gasteiger partial charge < -0.3 is 9.73 Å². The highest BCUT2D eigenvalue weighted by Crippen LogP contribution is 2.23. The van der Waals surface area contributed by atoms with E-state index in [1.54, 1.807) is 6.07 Å². The Morgan fingerprint density at radius 2 is 2.26 bits per heavy atom. The van der Waals surface area contributed by atoms with Crippen molar-refractivity contribution in [3.63, 3.8) is 0 Å². The van der Waals surface area contributed by atoms with Crippen LogP contribution in [0, 0.1) is 6.92 Å². The van der Waals surface area contributed by atoms with Crippen LogP contribution in [0.1, 0.15) is 46.8 Å². The van der Waals surface area contributed by atoms with Gasteiger partial charge in [-0.2, -0.15) is 5.10 Å². The van der Waals surface area contributed by atoms with Crippen LogP contribution < -0.4 is 5.32 Å². The Hall–Kier alpha value is -2.48. The number of carbonyl (C=O) groups is 1. The molecular weight excluding hydrogens is 314 g/mol. The van der Waals surface area contributed by atoms with Crippen LogP contribution in [0.2, 0.25) is 0 Å². The molecule has 0 radical (unpaired) electrons. The van der Waals surface area contributed by atoms with Crippen LogP contribution in [0.3, 0.4) is 0 Å². The third-order valence-electron chi connectivity index (χ3n) is 3.21. The van der Waals surface area contributed by atoms with Gasteiger partial charge in [0.15, 0.2) is 11.6 Å². The number of aromatic nitrogens is 4. The molecule has 0 aromatic carbocycles. The number of thiazole rings is 1. The molecule has 0 aliphatic heterocycles. The van der Waals surface area contributed by atoms with Crippen LogP contribution >= 0.6 is 11.3 Å². The minimum atomic E-state index is -0.227. The topological polar surface area (TPSA) is 96.7 Å². The van der Waals surface area contributed by atoms with Gasteiger partial charge in [0, 0.05) is 11.3 Å². The maximum absolute atomic E-state index is 12.2. The molecule has 3 aromatic heterocycles. The van der Waals surface area contributed by atoms with E-state index in [-0.39, 0.29) is 18.4 Å². The molecule has 120 valence electrons. The van der Waals surface area contributed by atoms with E-state index in [4.69, 9.17) is 4.42 Å². The molecule has 0 saturated heterocycles. The number of amides is 1. The molecule has 0 bridgehead atoms. The Bertz CT molecular complexity index is 817. The highest BCUT2D eigenvalue weighted by atomic mass is 32.1. The van der Waals surface area contributed by atoms with Crippen molar-refractivity contribution in [1.82, 2.24) is 25.5 Å². The third kappa shape index (κ3) is 3.48. The van der Waals surface area contributed by atoms with Crippen LogP contribution in [-0.2, 0) is 6.54 Å². The zero-order chi connectivity index (χ0) is 16.4. The van der Waals surface area contributed by atoms with E-state index < -0.39 is 0 Å². The second-order valence-electron chi connectivity index (χ2n) is 5.43. The molecule has 0 atom stereocenters. The average molecular weight is 331 g/mol. The van der Waals surface area contributed by atoms with Gasteiger partial charge in [-0.1, -0.05) is 13.8 Å². The summed E-state index contributed by atoms with van der Waals surface area (Å²) in [5, 5.41) is 12.6. The predicted octanol–water partition coefficient (Wildman–Crippen LogP) is 2.88. The predicted molar refractivity (Wildman–Crippen MR) is 86.2 cm³/mol.